The van der Waals surface area contributed by atoms with E-state index in [4.69, 9.17) is 33.5 Å². The number of rotatable bonds is 16. The molecular formula is C34H25Cl2N10Na4O16S5+. The molecule has 26 nitrogen and oxygen atoms in total. The molecule has 5 aromatic carbocycles. The number of nitrogen functional groups attached to an aromatic ring is 1. The molecule has 0 atom stereocenters. The van der Waals surface area contributed by atoms with Gasteiger partial charge in [0.1, 0.15) is 53.1 Å². The monoisotopic (exact) mass is 1150 g/mol. The number of halogens is 2. The maximum absolute atomic E-state index is 13.0. The van der Waals surface area contributed by atoms with Gasteiger partial charge >= 0.3 is 129 Å². The zero-order valence-corrected chi connectivity index (χ0v) is 50.6. The summed E-state index contributed by atoms with van der Waals surface area (Å²) in [7, 11) is -26.4. The van der Waals surface area contributed by atoms with Crippen molar-refractivity contribution in [2.75, 3.05) is 28.7 Å². The number of phenolic OH excluding ortho intramolecular Hbond substituents is 1. The maximum atomic E-state index is 13.0. The molecule has 354 valence electrons. The first kappa shape index (κ1) is 65.0. The number of aryl methyl sites for hydroxylation is 1. The summed E-state index contributed by atoms with van der Waals surface area (Å²) in [4.78, 5) is 7.59. The van der Waals surface area contributed by atoms with Crippen LogP contribution in [0.25, 0.3) is 10.8 Å². The van der Waals surface area contributed by atoms with Crippen molar-refractivity contribution in [3.63, 3.8) is 0 Å². The number of aromatic nitrogens is 3. The van der Waals surface area contributed by atoms with Crippen LogP contribution < -0.4 is 135 Å². The Bertz CT molecular complexity index is 3680. The summed E-state index contributed by atoms with van der Waals surface area (Å²) in [6.45, 7) is 0.718. The molecular weight excluding hydrogens is 1130 g/mol. The van der Waals surface area contributed by atoms with Crippen molar-refractivity contribution in [3.05, 3.63) is 88.7 Å². The van der Waals surface area contributed by atoms with Gasteiger partial charge in [0.15, 0.2) is 15.6 Å². The van der Waals surface area contributed by atoms with E-state index in [0.717, 1.165) is 35.9 Å². The number of nitrogens with one attached hydrogen (secondary N) is 2. The molecule has 0 saturated carbocycles. The van der Waals surface area contributed by atoms with Crippen molar-refractivity contribution >= 4 is 136 Å². The second kappa shape index (κ2) is 25.6. The topological polar surface area (TPSA) is 428 Å². The normalized spacial score (nSPS) is 12.2. The van der Waals surface area contributed by atoms with E-state index in [-0.39, 0.29) is 141 Å². The number of aromatic hydroxyl groups is 1. The number of hydrogen-bond acceptors (Lipinski definition) is 25. The van der Waals surface area contributed by atoms with Crippen LogP contribution >= 0.6 is 23.2 Å². The van der Waals surface area contributed by atoms with E-state index in [0.29, 0.717) is 22.8 Å². The van der Waals surface area contributed by atoms with Gasteiger partial charge in [0.05, 0.1) is 43.0 Å². The van der Waals surface area contributed by atoms with Gasteiger partial charge < -0.3 is 35.1 Å². The van der Waals surface area contributed by atoms with E-state index in [1.165, 1.54) is 12.1 Å². The van der Waals surface area contributed by atoms with Crippen molar-refractivity contribution < 1.29 is 188 Å². The molecule has 0 bridgehead atoms. The van der Waals surface area contributed by atoms with Crippen LogP contribution in [0.5, 0.6) is 5.75 Å². The molecule has 0 aliphatic heterocycles. The van der Waals surface area contributed by atoms with Gasteiger partial charge in [-0.25, -0.2) is 37.9 Å². The molecule has 0 unspecified atom stereocenters. The maximum Gasteiger partial charge on any atom is 1.00 e. The first-order chi connectivity index (χ1) is 31.0. The van der Waals surface area contributed by atoms with Crippen LogP contribution in [0.2, 0.25) is 10.3 Å². The predicted molar refractivity (Wildman–Crippen MR) is 232 cm³/mol. The average molecular weight is 1150 g/mol. The fourth-order valence-corrected chi connectivity index (χ4v) is 9.61. The second-order valence-electron chi connectivity index (χ2n) is 13.3. The molecule has 0 aliphatic rings. The van der Waals surface area contributed by atoms with Gasteiger partial charge in [-0.2, -0.15) is 23.4 Å². The molecule has 37 heteroatoms. The number of hydrogen-bond donors (Lipinski definition) is 5. The Kier molecular flexibility index (Phi) is 23.5. The smallest absolute Gasteiger partial charge is 0.744 e. The Balaban J connectivity index is 0.00000432. The van der Waals surface area contributed by atoms with Crippen molar-refractivity contribution in [1.29, 1.82) is 0 Å². The summed E-state index contributed by atoms with van der Waals surface area (Å²) in [5.74, 6) is -2.76. The standard InChI is InChI=1S/C34H28Cl2N10O16S5.4Na/c1-16-6-7-18(14-20(16)35)38-33-40-32(36)41-34(42-33)39-19-8-9-24(64(50,51)52)22(15-19)44-46-30-26(66(56,57)58)13-17-12-25(65(53,54)55)29(28(37)27(17)31(30)47)45-43-21-4-2-3-5-23(21)63(48,49)11-10-62-67(59,60)61;;;;/h2-9,12-15,47H,10-11,37H2,1H3,(H,50,51,52)(H,53,54,55)(H,56,57,58)(H,59,60,61)(H2,38,39,40,41,42);;;;/q;4*+1/p-3. The first-order valence-corrected chi connectivity index (χ1v) is 25.6. The van der Waals surface area contributed by atoms with Gasteiger partial charge in [-0.1, -0.05) is 29.8 Å². The molecule has 1 aromatic heterocycles. The Morgan fingerprint density at radius 3 is 1.70 bits per heavy atom. The molecule has 0 aliphatic carbocycles. The molecule has 0 fully saturated rings. The molecule has 6 N–H and O–H groups in total. The van der Waals surface area contributed by atoms with Gasteiger partial charge in [-0.05, 0) is 84.1 Å². The second-order valence-corrected chi connectivity index (χ2v) is 21.2. The first-order valence-electron chi connectivity index (χ1n) is 17.6. The summed E-state index contributed by atoms with van der Waals surface area (Å²) in [5.41, 5.74) is 2.62. The quantitative estimate of drug-likeness (QED) is 0.0260. The minimum atomic E-state index is -5.75. The molecule has 0 amide bonds. The number of fused-ring (bicyclic) bond motifs is 1. The number of anilines is 5. The van der Waals surface area contributed by atoms with Gasteiger partial charge in [0.2, 0.25) is 17.2 Å². The van der Waals surface area contributed by atoms with E-state index >= 15 is 0 Å². The summed E-state index contributed by atoms with van der Waals surface area (Å²) >= 11 is 12.3. The third-order valence-electron chi connectivity index (χ3n) is 8.67. The zero-order chi connectivity index (χ0) is 49.4. The number of phenols is 1. The van der Waals surface area contributed by atoms with E-state index in [2.05, 4.69) is 50.2 Å². The van der Waals surface area contributed by atoms with E-state index in [9.17, 15) is 60.9 Å². The average Bonchev–Trinajstić information content (AvgIpc) is 3.19. The number of azo groups is 2. The minimum Gasteiger partial charge on any atom is -0.744 e. The van der Waals surface area contributed by atoms with Crippen LogP contribution in [0, 0.1) is 6.92 Å². The van der Waals surface area contributed by atoms with Gasteiger partial charge in [0.25, 0.3) is 0 Å². The van der Waals surface area contributed by atoms with Crippen LogP contribution in [0.15, 0.2) is 113 Å². The molecule has 0 radical (unpaired) electrons. The number of nitrogens with zero attached hydrogens (tertiary/aromatic N) is 7. The molecule has 71 heavy (non-hydrogen) atoms. The Morgan fingerprint density at radius 2 is 1.15 bits per heavy atom. The molecule has 6 rings (SSSR count). The van der Waals surface area contributed by atoms with Crippen LogP contribution in [0.4, 0.5) is 51.7 Å². The van der Waals surface area contributed by atoms with Crippen LogP contribution in [0.1, 0.15) is 5.56 Å². The number of nitrogens with two attached hydrogens (primary N) is 1. The van der Waals surface area contributed by atoms with Crippen molar-refractivity contribution in [3.8, 4) is 5.75 Å². The van der Waals surface area contributed by atoms with Crippen LogP contribution in [0.3, 0.4) is 0 Å². The summed E-state index contributed by atoms with van der Waals surface area (Å²) in [6.07, 6.45) is 0. The predicted octanol–water partition coefficient (Wildman–Crippen LogP) is -6.43. The summed E-state index contributed by atoms with van der Waals surface area (Å²) in [5, 5.41) is 30.2. The van der Waals surface area contributed by atoms with E-state index < -0.39 is 127 Å². The van der Waals surface area contributed by atoms with Gasteiger partial charge in [0, 0.05) is 16.4 Å². The van der Waals surface area contributed by atoms with Crippen LogP contribution in [-0.2, 0) is 54.8 Å². The Hall–Kier alpha value is -2.10. The molecule has 6 aromatic rings. The SMILES string of the molecule is Cc1ccc(Nc2nc(Cl)nc(Nc3ccc(S(=O)(=O)[O-])c(N=Nc4c(S(=O)(=O)[O-])cc5cc(S(=O)(=O)[O-])c(N=Nc6ccccc6S(=O)(=O)CCOS(=O)(=O)O)c(N)c5c4O)c3)n2)cc1Cl.[Na+].[Na+].[Na+].[Na+]. The molecule has 0 saturated heterocycles. The summed E-state index contributed by atoms with van der Waals surface area (Å²) in [6, 6.07) is 12.9. The van der Waals surface area contributed by atoms with Crippen molar-refractivity contribution in [2.45, 2.75) is 26.5 Å². The largest absolute Gasteiger partial charge is 1.00 e. The minimum absolute atomic E-state index is 0. The Morgan fingerprint density at radius 1 is 0.648 bits per heavy atom. The fraction of sp³-hybridized carbons (Fsp3) is 0.0882. The van der Waals surface area contributed by atoms with Crippen LogP contribution in [-0.4, -0.2) is 92.7 Å². The fourth-order valence-electron chi connectivity index (χ4n) is 5.74. The van der Waals surface area contributed by atoms with Gasteiger partial charge in [-0.3, -0.25) is 4.55 Å². The third-order valence-corrected chi connectivity index (χ3v) is 14.0. The molecule has 1 heterocycles. The summed E-state index contributed by atoms with van der Waals surface area (Å²) < 4.78 is 173. The number of sulfone groups is 1. The van der Waals surface area contributed by atoms with Crippen molar-refractivity contribution in [1.82, 2.24) is 15.0 Å². The third kappa shape index (κ3) is 16.7. The zero-order valence-electron chi connectivity index (χ0n) is 37.0. The van der Waals surface area contributed by atoms with E-state index in [1.54, 1.807) is 25.1 Å². The van der Waals surface area contributed by atoms with Gasteiger partial charge in [-0.15, -0.1) is 20.5 Å². The molecule has 0 spiro atoms. The van der Waals surface area contributed by atoms with Crippen molar-refractivity contribution in [2.24, 2.45) is 20.5 Å². The van der Waals surface area contributed by atoms with E-state index in [1.807, 2.05) is 0 Å². The Labute approximate surface area is 502 Å². The number of benzene rings is 5.